The molecule has 1 aliphatic rings. The van der Waals surface area contributed by atoms with Crippen LogP contribution in [0.15, 0.2) is 53.6 Å². The summed E-state index contributed by atoms with van der Waals surface area (Å²) in [6.07, 6.45) is 4.44. The van der Waals surface area contributed by atoms with Crippen molar-refractivity contribution < 1.29 is 4.74 Å². The summed E-state index contributed by atoms with van der Waals surface area (Å²) in [5.74, 6) is 0.876. The number of aromatic nitrogens is 3. The molecule has 0 radical (unpaired) electrons. The first-order valence-electron chi connectivity index (χ1n) is 9.00. The Bertz CT molecular complexity index is 1010. The third-order valence-corrected chi connectivity index (χ3v) is 5.00. The maximum Gasteiger partial charge on any atom is 0.266 e. The fraction of sp³-hybridized carbons (Fsp3) is 0.286. The molecule has 1 aromatic carbocycles. The highest BCUT2D eigenvalue weighted by molar-refractivity contribution is 5.65. The Labute approximate surface area is 158 Å². The van der Waals surface area contributed by atoms with Crippen molar-refractivity contribution in [2.45, 2.75) is 19.5 Å². The predicted octanol–water partition coefficient (Wildman–Crippen LogP) is 2.41. The summed E-state index contributed by atoms with van der Waals surface area (Å²) in [6.45, 7) is 2.39. The van der Waals surface area contributed by atoms with Crippen LogP contribution in [-0.4, -0.2) is 33.3 Å². The van der Waals surface area contributed by atoms with Crippen LogP contribution in [0.5, 0.6) is 5.75 Å². The van der Waals surface area contributed by atoms with Gasteiger partial charge in [-0.3, -0.25) is 14.7 Å². The first-order chi connectivity index (χ1) is 13.1. The Kier molecular flexibility index (Phi) is 4.73. The van der Waals surface area contributed by atoms with E-state index < -0.39 is 0 Å². The Morgan fingerprint density at radius 2 is 1.93 bits per heavy atom. The normalized spacial score (nSPS) is 14.0. The Morgan fingerprint density at radius 3 is 2.70 bits per heavy atom. The molecule has 1 aliphatic heterocycles. The number of benzene rings is 1. The van der Waals surface area contributed by atoms with Crippen LogP contribution in [0, 0.1) is 0 Å². The van der Waals surface area contributed by atoms with E-state index in [9.17, 15) is 4.79 Å². The number of nitrogens with zero attached hydrogens (tertiary/aromatic N) is 4. The minimum Gasteiger partial charge on any atom is -0.496 e. The van der Waals surface area contributed by atoms with E-state index in [1.807, 2.05) is 18.2 Å². The smallest absolute Gasteiger partial charge is 0.266 e. The van der Waals surface area contributed by atoms with E-state index in [0.717, 1.165) is 59.8 Å². The second-order valence-corrected chi connectivity index (χ2v) is 6.80. The van der Waals surface area contributed by atoms with Gasteiger partial charge in [-0.1, -0.05) is 6.07 Å². The van der Waals surface area contributed by atoms with E-state index in [1.54, 1.807) is 32.6 Å². The van der Waals surface area contributed by atoms with Crippen LogP contribution in [-0.2, 0) is 26.6 Å². The predicted molar refractivity (Wildman–Crippen MR) is 104 cm³/mol. The van der Waals surface area contributed by atoms with Crippen molar-refractivity contribution in [3.8, 4) is 16.9 Å². The fourth-order valence-corrected chi connectivity index (χ4v) is 3.55. The molecule has 0 spiro atoms. The number of fused-ring (bicyclic) bond motifs is 1. The van der Waals surface area contributed by atoms with Crippen LogP contribution in [0.3, 0.4) is 0 Å². The highest BCUT2D eigenvalue weighted by Crippen LogP contribution is 2.28. The highest BCUT2D eigenvalue weighted by Gasteiger charge is 2.20. The zero-order chi connectivity index (χ0) is 18.8. The molecule has 0 bridgehead atoms. The van der Waals surface area contributed by atoms with Gasteiger partial charge in [0.15, 0.2) is 0 Å². The molecular weight excluding hydrogens is 340 g/mol. The lowest BCUT2D eigenvalue weighted by molar-refractivity contribution is 0.237. The third kappa shape index (κ3) is 3.61. The fourth-order valence-electron chi connectivity index (χ4n) is 3.55. The van der Waals surface area contributed by atoms with Gasteiger partial charge in [-0.05, 0) is 41.0 Å². The molecule has 3 aromatic rings. The third-order valence-electron chi connectivity index (χ3n) is 5.00. The average molecular weight is 362 g/mol. The Balaban J connectivity index is 1.60. The lowest BCUT2D eigenvalue weighted by atomic mass is 10.0. The molecule has 6 heteroatoms. The van der Waals surface area contributed by atoms with Crippen molar-refractivity contribution >= 4 is 0 Å². The van der Waals surface area contributed by atoms with Crippen LogP contribution >= 0.6 is 0 Å². The van der Waals surface area contributed by atoms with Gasteiger partial charge in [0, 0.05) is 57.1 Å². The molecule has 0 amide bonds. The summed E-state index contributed by atoms with van der Waals surface area (Å²) in [5.41, 5.74) is 5.38. The largest absolute Gasteiger partial charge is 0.496 e. The van der Waals surface area contributed by atoms with Gasteiger partial charge in [0.2, 0.25) is 0 Å². The topological polar surface area (TPSA) is 60.2 Å². The summed E-state index contributed by atoms with van der Waals surface area (Å²) in [5, 5.41) is 4.39. The molecule has 3 heterocycles. The van der Waals surface area contributed by atoms with Gasteiger partial charge in [0.1, 0.15) is 5.75 Å². The number of aryl methyl sites for hydroxylation is 1. The van der Waals surface area contributed by atoms with E-state index in [2.05, 4.69) is 27.1 Å². The van der Waals surface area contributed by atoms with E-state index in [0.29, 0.717) is 0 Å². The number of ether oxygens (including phenoxy) is 1. The lowest BCUT2D eigenvalue weighted by Gasteiger charge is -2.28. The van der Waals surface area contributed by atoms with Crippen molar-refractivity contribution in [2.75, 3.05) is 13.7 Å². The van der Waals surface area contributed by atoms with Crippen molar-refractivity contribution in [1.82, 2.24) is 19.7 Å². The minimum absolute atomic E-state index is 0.0622. The molecule has 0 aliphatic carbocycles. The monoisotopic (exact) mass is 362 g/mol. The molecule has 0 saturated heterocycles. The summed E-state index contributed by atoms with van der Waals surface area (Å²) < 4.78 is 6.99. The first kappa shape index (κ1) is 17.4. The molecule has 0 atom stereocenters. The molecule has 2 aromatic heterocycles. The van der Waals surface area contributed by atoms with Gasteiger partial charge < -0.3 is 4.74 Å². The number of rotatable bonds is 4. The van der Waals surface area contributed by atoms with Crippen LogP contribution in [0.1, 0.15) is 16.8 Å². The number of methoxy groups -OCH3 is 1. The van der Waals surface area contributed by atoms with Gasteiger partial charge in [0.25, 0.3) is 5.56 Å². The van der Waals surface area contributed by atoms with Crippen LogP contribution in [0.25, 0.3) is 11.1 Å². The molecule has 0 saturated carbocycles. The van der Waals surface area contributed by atoms with Crippen molar-refractivity contribution in [3.63, 3.8) is 0 Å². The second-order valence-electron chi connectivity index (χ2n) is 6.80. The quantitative estimate of drug-likeness (QED) is 0.713. The maximum atomic E-state index is 11.9. The average Bonchev–Trinajstić information content (AvgIpc) is 2.70. The van der Waals surface area contributed by atoms with E-state index in [1.165, 1.54) is 4.68 Å². The standard InChI is InChI=1S/C21H22N4O2/c1-24-21(26)12-17-13-25(10-7-19(17)23-24)14-18-11-16(3-4-20(18)27-2)15-5-8-22-9-6-15/h3-6,8-9,11-12H,7,10,13-14H2,1-2H3. The van der Waals surface area contributed by atoms with E-state index >= 15 is 0 Å². The Morgan fingerprint density at radius 1 is 1.11 bits per heavy atom. The lowest BCUT2D eigenvalue weighted by Crippen LogP contribution is -2.34. The zero-order valence-electron chi connectivity index (χ0n) is 15.6. The van der Waals surface area contributed by atoms with E-state index in [4.69, 9.17) is 4.74 Å². The van der Waals surface area contributed by atoms with Gasteiger partial charge in [-0.25, -0.2) is 4.68 Å². The van der Waals surface area contributed by atoms with Crippen molar-refractivity contribution in [2.24, 2.45) is 7.05 Å². The van der Waals surface area contributed by atoms with E-state index in [-0.39, 0.29) is 5.56 Å². The van der Waals surface area contributed by atoms with Gasteiger partial charge in [-0.2, -0.15) is 5.10 Å². The molecule has 6 nitrogen and oxygen atoms in total. The summed E-state index contributed by atoms with van der Waals surface area (Å²) in [7, 11) is 3.40. The number of hydrogen-bond donors (Lipinski definition) is 0. The minimum atomic E-state index is -0.0622. The number of hydrogen-bond acceptors (Lipinski definition) is 5. The summed E-state index contributed by atoms with van der Waals surface area (Å²) in [6, 6.07) is 12.0. The van der Waals surface area contributed by atoms with Gasteiger partial charge in [0.05, 0.1) is 12.8 Å². The molecule has 0 unspecified atom stereocenters. The molecular formula is C21H22N4O2. The molecule has 27 heavy (non-hydrogen) atoms. The van der Waals surface area contributed by atoms with Crippen LogP contribution in [0.4, 0.5) is 0 Å². The molecule has 0 N–H and O–H groups in total. The van der Waals surface area contributed by atoms with Gasteiger partial charge >= 0.3 is 0 Å². The van der Waals surface area contributed by atoms with Crippen LogP contribution < -0.4 is 10.3 Å². The number of pyridine rings is 1. The molecule has 0 fully saturated rings. The van der Waals surface area contributed by atoms with Crippen LogP contribution in [0.2, 0.25) is 0 Å². The Hall–Kier alpha value is -2.99. The summed E-state index contributed by atoms with van der Waals surface area (Å²) >= 11 is 0. The SMILES string of the molecule is COc1ccc(-c2ccncc2)cc1CN1CCc2nn(C)c(=O)cc2C1. The highest BCUT2D eigenvalue weighted by atomic mass is 16.5. The molecule has 138 valence electrons. The zero-order valence-corrected chi connectivity index (χ0v) is 15.6. The first-order valence-corrected chi connectivity index (χ1v) is 9.00. The van der Waals surface area contributed by atoms with Crippen molar-refractivity contribution in [1.29, 1.82) is 0 Å². The van der Waals surface area contributed by atoms with Crippen molar-refractivity contribution in [3.05, 3.63) is 76.0 Å². The second kappa shape index (κ2) is 7.32. The summed E-state index contributed by atoms with van der Waals surface area (Å²) in [4.78, 5) is 18.3. The van der Waals surface area contributed by atoms with Gasteiger partial charge in [-0.15, -0.1) is 0 Å². The molecule has 4 rings (SSSR count). The maximum absolute atomic E-state index is 11.9.